The molecule has 6 heteroatoms. The first-order valence-electron chi connectivity index (χ1n) is 6.50. The summed E-state index contributed by atoms with van der Waals surface area (Å²) in [4.78, 5) is 25.3. The molecule has 0 aliphatic rings. The van der Waals surface area contributed by atoms with E-state index < -0.39 is 11.8 Å². The van der Waals surface area contributed by atoms with Gasteiger partial charge in [0.05, 0.1) is 11.4 Å². The lowest BCUT2D eigenvalue weighted by Gasteiger charge is -2.11. The molecule has 20 heavy (non-hydrogen) atoms. The maximum atomic E-state index is 11.7. The van der Waals surface area contributed by atoms with Crippen molar-refractivity contribution < 1.29 is 9.59 Å². The van der Waals surface area contributed by atoms with Crippen LogP contribution in [0.1, 0.15) is 12.0 Å². The molecule has 4 N–H and O–H groups in total. The minimum atomic E-state index is -0.703. The number of hydrogen-bond donors (Lipinski definition) is 3. The highest BCUT2D eigenvalue weighted by atomic mass is 16.2. The summed E-state index contributed by atoms with van der Waals surface area (Å²) < 4.78 is 0. The number of carbonyl (C=O) groups is 2. The Balaban J connectivity index is 2.43. The number of anilines is 2. The number of nitrogen functional groups attached to an aromatic ring is 1. The van der Waals surface area contributed by atoms with Crippen LogP contribution in [-0.4, -0.2) is 43.9 Å². The van der Waals surface area contributed by atoms with E-state index in [1.54, 1.807) is 12.1 Å². The van der Waals surface area contributed by atoms with Gasteiger partial charge < -0.3 is 21.3 Å². The van der Waals surface area contributed by atoms with Gasteiger partial charge in [0.1, 0.15) is 0 Å². The maximum Gasteiger partial charge on any atom is 0.313 e. The van der Waals surface area contributed by atoms with Gasteiger partial charge in [-0.1, -0.05) is 6.07 Å². The van der Waals surface area contributed by atoms with Crippen molar-refractivity contribution in [2.45, 2.75) is 13.3 Å². The Morgan fingerprint density at radius 1 is 1.25 bits per heavy atom. The number of aryl methyl sites for hydroxylation is 1. The van der Waals surface area contributed by atoms with Gasteiger partial charge >= 0.3 is 11.8 Å². The van der Waals surface area contributed by atoms with Gasteiger partial charge in [-0.05, 0) is 51.7 Å². The van der Waals surface area contributed by atoms with Gasteiger partial charge in [-0.15, -0.1) is 0 Å². The zero-order valence-corrected chi connectivity index (χ0v) is 12.2. The number of hydrogen-bond acceptors (Lipinski definition) is 4. The molecule has 0 saturated heterocycles. The SMILES string of the molecule is Cc1ccc(NC(=O)C(=O)NCCCN(C)C)c(N)c1. The number of nitrogens with zero attached hydrogens (tertiary/aromatic N) is 1. The molecule has 1 aromatic carbocycles. The Hall–Kier alpha value is -2.08. The normalized spacial score (nSPS) is 10.4. The highest BCUT2D eigenvalue weighted by Crippen LogP contribution is 2.19. The fraction of sp³-hybridized carbons (Fsp3) is 0.429. The lowest BCUT2D eigenvalue weighted by atomic mass is 10.2. The van der Waals surface area contributed by atoms with Crippen molar-refractivity contribution in [1.82, 2.24) is 10.2 Å². The van der Waals surface area contributed by atoms with Gasteiger partial charge in [-0.2, -0.15) is 0 Å². The first-order chi connectivity index (χ1) is 9.40. The molecule has 0 fully saturated rings. The minimum Gasteiger partial charge on any atom is -0.397 e. The largest absolute Gasteiger partial charge is 0.397 e. The highest BCUT2D eigenvalue weighted by Gasteiger charge is 2.14. The summed E-state index contributed by atoms with van der Waals surface area (Å²) >= 11 is 0. The van der Waals surface area contributed by atoms with E-state index >= 15 is 0 Å². The molecular formula is C14H22N4O2. The third kappa shape index (κ3) is 5.27. The number of benzene rings is 1. The molecule has 110 valence electrons. The third-order valence-electron chi connectivity index (χ3n) is 2.73. The molecule has 0 atom stereocenters. The predicted octanol–water partition coefficient (Wildman–Crippen LogP) is 0.584. The molecule has 6 nitrogen and oxygen atoms in total. The molecule has 1 aromatic rings. The Bertz CT molecular complexity index is 486. The van der Waals surface area contributed by atoms with Gasteiger partial charge in [0, 0.05) is 6.54 Å². The van der Waals surface area contributed by atoms with Gasteiger partial charge in [0.25, 0.3) is 0 Å². The molecular weight excluding hydrogens is 256 g/mol. The molecule has 0 radical (unpaired) electrons. The second-order valence-electron chi connectivity index (χ2n) is 4.96. The smallest absolute Gasteiger partial charge is 0.313 e. The second-order valence-corrected chi connectivity index (χ2v) is 4.96. The number of amides is 2. The quantitative estimate of drug-likeness (QED) is 0.418. The van der Waals surface area contributed by atoms with E-state index in [9.17, 15) is 9.59 Å². The minimum absolute atomic E-state index is 0.443. The third-order valence-corrected chi connectivity index (χ3v) is 2.73. The van der Waals surface area contributed by atoms with Crippen LogP contribution in [0.5, 0.6) is 0 Å². The van der Waals surface area contributed by atoms with Crippen LogP contribution in [0, 0.1) is 6.92 Å². The van der Waals surface area contributed by atoms with Crippen molar-refractivity contribution in [1.29, 1.82) is 0 Å². The summed E-state index contributed by atoms with van der Waals surface area (Å²) in [6.07, 6.45) is 0.790. The van der Waals surface area contributed by atoms with Crippen molar-refractivity contribution in [2.24, 2.45) is 0 Å². The number of rotatable bonds is 5. The molecule has 0 heterocycles. The van der Waals surface area contributed by atoms with Crippen LogP contribution in [0.2, 0.25) is 0 Å². The van der Waals surface area contributed by atoms with Gasteiger partial charge in [0.2, 0.25) is 0 Å². The van der Waals surface area contributed by atoms with Crippen molar-refractivity contribution in [3.63, 3.8) is 0 Å². The van der Waals surface area contributed by atoms with Gasteiger partial charge in [0.15, 0.2) is 0 Å². The monoisotopic (exact) mass is 278 g/mol. The van der Waals surface area contributed by atoms with Crippen LogP contribution in [0.4, 0.5) is 11.4 Å². The van der Waals surface area contributed by atoms with Crippen molar-refractivity contribution in [3.05, 3.63) is 23.8 Å². The molecule has 0 spiro atoms. The Kier molecular flexibility index (Phi) is 5.99. The summed E-state index contributed by atoms with van der Waals surface area (Å²) in [5, 5.41) is 5.07. The molecule has 0 aromatic heterocycles. The first-order valence-corrected chi connectivity index (χ1v) is 6.50. The zero-order valence-electron chi connectivity index (χ0n) is 12.2. The second kappa shape index (κ2) is 7.49. The van der Waals surface area contributed by atoms with Crippen LogP contribution in [0.3, 0.4) is 0 Å². The number of nitrogens with two attached hydrogens (primary N) is 1. The average molecular weight is 278 g/mol. The van der Waals surface area contributed by atoms with Crippen molar-refractivity contribution in [3.8, 4) is 0 Å². The van der Waals surface area contributed by atoms with Gasteiger partial charge in [-0.25, -0.2) is 0 Å². The maximum absolute atomic E-state index is 11.7. The fourth-order valence-corrected chi connectivity index (χ4v) is 1.65. The zero-order chi connectivity index (χ0) is 15.1. The van der Waals surface area contributed by atoms with E-state index in [0.717, 1.165) is 18.5 Å². The summed E-state index contributed by atoms with van der Waals surface area (Å²) in [5.74, 6) is -1.35. The Labute approximate surface area is 119 Å². The number of nitrogens with one attached hydrogen (secondary N) is 2. The van der Waals surface area contributed by atoms with Crippen LogP contribution < -0.4 is 16.4 Å². The number of carbonyl (C=O) groups excluding carboxylic acids is 2. The fourth-order valence-electron chi connectivity index (χ4n) is 1.65. The Morgan fingerprint density at radius 2 is 1.95 bits per heavy atom. The summed E-state index contributed by atoms with van der Waals surface area (Å²) in [6.45, 7) is 3.22. The van der Waals surface area contributed by atoms with E-state index in [2.05, 4.69) is 10.6 Å². The lowest BCUT2D eigenvalue weighted by Crippen LogP contribution is -2.36. The topological polar surface area (TPSA) is 87.5 Å². The summed E-state index contributed by atoms with van der Waals surface area (Å²) in [5.41, 5.74) is 7.66. The van der Waals surface area contributed by atoms with Crippen LogP contribution in [0.25, 0.3) is 0 Å². The van der Waals surface area contributed by atoms with E-state index in [4.69, 9.17) is 5.73 Å². The average Bonchev–Trinajstić information content (AvgIpc) is 2.37. The van der Waals surface area contributed by atoms with Crippen LogP contribution in [0.15, 0.2) is 18.2 Å². The lowest BCUT2D eigenvalue weighted by molar-refractivity contribution is -0.136. The first kappa shape index (κ1) is 16.0. The van der Waals surface area contributed by atoms with Crippen molar-refractivity contribution in [2.75, 3.05) is 38.2 Å². The standard InChI is InChI=1S/C14H22N4O2/c1-10-5-6-12(11(15)9-10)17-14(20)13(19)16-7-4-8-18(2)3/h5-6,9H,4,7-8,15H2,1-3H3,(H,16,19)(H,17,20). The van der Waals surface area contributed by atoms with E-state index in [-0.39, 0.29) is 0 Å². The molecule has 0 aliphatic carbocycles. The molecule has 0 bridgehead atoms. The molecule has 0 aliphatic heterocycles. The molecule has 0 unspecified atom stereocenters. The van der Waals surface area contributed by atoms with Crippen LogP contribution in [-0.2, 0) is 9.59 Å². The molecule has 0 saturated carbocycles. The highest BCUT2D eigenvalue weighted by molar-refractivity contribution is 6.39. The Morgan fingerprint density at radius 3 is 2.55 bits per heavy atom. The molecule has 1 rings (SSSR count). The summed E-state index contributed by atoms with van der Waals surface area (Å²) in [7, 11) is 3.91. The predicted molar refractivity (Wildman–Crippen MR) is 80.4 cm³/mol. The molecule has 2 amide bonds. The van der Waals surface area contributed by atoms with E-state index in [1.807, 2.05) is 32.0 Å². The van der Waals surface area contributed by atoms with Gasteiger partial charge in [-0.3, -0.25) is 9.59 Å². The summed E-state index contributed by atoms with van der Waals surface area (Å²) in [6, 6.07) is 5.24. The van der Waals surface area contributed by atoms with E-state index in [1.165, 1.54) is 0 Å². The van der Waals surface area contributed by atoms with E-state index in [0.29, 0.717) is 17.9 Å². The van der Waals surface area contributed by atoms with Crippen molar-refractivity contribution >= 4 is 23.2 Å². The van der Waals surface area contributed by atoms with Crippen LogP contribution >= 0.6 is 0 Å².